The van der Waals surface area contributed by atoms with Gasteiger partial charge in [0.15, 0.2) is 11.5 Å². The molecule has 0 bridgehead atoms. The number of benzene rings is 1. The number of anilines is 1. The number of aryl methyl sites for hydroxylation is 1. The summed E-state index contributed by atoms with van der Waals surface area (Å²) in [5.41, 5.74) is 0.0146. The Morgan fingerprint density at radius 1 is 1.33 bits per heavy atom. The summed E-state index contributed by atoms with van der Waals surface area (Å²) < 4.78 is 11.4. The first kappa shape index (κ1) is 15.5. The normalized spacial score (nSPS) is 12.0. The van der Waals surface area contributed by atoms with E-state index in [4.69, 9.17) is 9.47 Å². The van der Waals surface area contributed by atoms with Crippen LogP contribution in [0, 0.1) is 17.0 Å². The molecule has 0 atom stereocenters. The first-order chi connectivity index (χ1) is 11.4. The molecule has 0 unspecified atom stereocenters. The highest BCUT2D eigenvalue weighted by Gasteiger charge is 2.16. The van der Waals surface area contributed by atoms with E-state index in [-0.39, 0.29) is 24.6 Å². The van der Waals surface area contributed by atoms with Crippen molar-refractivity contribution in [3.05, 3.63) is 56.5 Å². The third kappa shape index (κ3) is 3.05. The highest BCUT2D eigenvalue weighted by molar-refractivity contribution is 5.91. The van der Waals surface area contributed by atoms with Crippen molar-refractivity contribution in [3.8, 4) is 11.5 Å². The van der Waals surface area contributed by atoms with Gasteiger partial charge in [0.05, 0.1) is 11.1 Å². The Bertz CT molecular complexity index is 889. The van der Waals surface area contributed by atoms with E-state index in [0.717, 1.165) is 16.8 Å². The highest BCUT2D eigenvalue weighted by Crippen LogP contribution is 2.34. The van der Waals surface area contributed by atoms with E-state index >= 15 is 0 Å². The zero-order valence-electron chi connectivity index (χ0n) is 12.6. The number of ether oxygens (including phenoxy) is 2. The van der Waals surface area contributed by atoms with Crippen LogP contribution in [0.2, 0.25) is 0 Å². The Labute approximate surface area is 135 Å². The van der Waals surface area contributed by atoms with Crippen molar-refractivity contribution in [3.63, 3.8) is 0 Å². The van der Waals surface area contributed by atoms with Gasteiger partial charge in [-0.15, -0.1) is 0 Å². The molecule has 1 N–H and O–H groups in total. The summed E-state index contributed by atoms with van der Waals surface area (Å²) in [6, 6.07) is 6.01. The first-order valence-electron chi connectivity index (χ1n) is 6.99. The van der Waals surface area contributed by atoms with Gasteiger partial charge in [-0.1, -0.05) is 0 Å². The predicted molar refractivity (Wildman–Crippen MR) is 83.3 cm³/mol. The molecule has 2 heterocycles. The van der Waals surface area contributed by atoms with Gasteiger partial charge in [-0.2, -0.15) is 0 Å². The molecule has 24 heavy (non-hydrogen) atoms. The maximum absolute atomic E-state index is 12.1. The Morgan fingerprint density at radius 2 is 2.08 bits per heavy atom. The number of amides is 1. The Hall–Kier alpha value is -3.36. The van der Waals surface area contributed by atoms with E-state index < -0.39 is 16.4 Å². The highest BCUT2D eigenvalue weighted by atomic mass is 16.7. The van der Waals surface area contributed by atoms with Gasteiger partial charge in [-0.3, -0.25) is 24.3 Å². The summed E-state index contributed by atoms with van der Waals surface area (Å²) in [5.74, 6) is 0.600. The SMILES string of the molecule is Cc1cc(=O)n(CC(=O)Nc2ccc3c(c2)OCO3)cc1[N+](=O)[O-]. The third-order valence-corrected chi connectivity index (χ3v) is 3.47. The summed E-state index contributed by atoms with van der Waals surface area (Å²) in [7, 11) is 0. The van der Waals surface area contributed by atoms with Crippen molar-refractivity contribution in [2.45, 2.75) is 13.5 Å². The number of fused-ring (bicyclic) bond motifs is 1. The average molecular weight is 331 g/mol. The fraction of sp³-hybridized carbons (Fsp3) is 0.200. The molecule has 0 aliphatic carbocycles. The Kier molecular flexibility index (Phi) is 3.90. The molecule has 0 saturated carbocycles. The van der Waals surface area contributed by atoms with Crippen LogP contribution >= 0.6 is 0 Å². The molecule has 0 radical (unpaired) electrons. The number of carbonyl (C=O) groups is 1. The summed E-state index contributed by atoms with van der Waals surface area (Å²) in [4.78, 5) is 34.3. The lowest BCUT2D eigenvalue weighted by Crippen LogP contribution is -2.27. The van der Waals surface area contributed by atoms with Gasteiger partial charge >= 0.3 is 0 Å². The molecule has 1 amide bonds. The Balaban J connectivity index is 1.76. The number of rotatable bonds is 4. The minimum atomic E-state index is -0.596. The smallest absolute Gasteiger partial charge is 0.288 e. The van der Waals surface area contributed by atoms with Crippen LogP contribution in [-0.4, -0.2) is 22.2 Å². The lowest BCUT2D eigenvalue weighted by Gasteiger charge is -2.08. The van der Waals surface area contributed by atoms with E-state index in [0.29, 0.717) is 17.2 Å². The van der Waals surface area contributed by atoms with Gasteiger partial charge in [0, 0.05) is 23.4 Å². The number of carbonyl (C=O) groups excluding carboxylic acids is 1. The zero-order valence-corrected chi connectivity index (χ0v) is 12.6. The van der Waals surface area contributed by atoms with Crippen molar-refractivity contribution in [1.82, 2.24) is 4.57 Å². The zero-order chi connectivity index (χ0) is 17.3. The Morgan fingerprint density at radius 3 is 2.83 bits per heavy atom. The molecule has 3 rings (SSSR count). The van der Waals surface area contributed by atoms with Crippen LogP contribution in [0.4, 0.5) is 11.4 Å². The quantitative estimate of drug-likeness (QED) is 0.670. The lowest BCUT2D eigenvalue weighted by molar-refractivity contribution is -0.385. The largest absolute Gasteiger partial charge is 0.454 e. The predicted octanol–water partition coefficient (Wildman–Crippen LogP) is 1.43. The minimum Gasteiger partial charge on any atom is -0.454 e. The van der Waals surface area contributed by atoms with Gasteiger partial charge < -0.3 is 14.8 Å². The molecule has 1 aromatic heterocycles. The monoisotopic (exact) mass is 331 g/mol. The topological polar surface area (TPSA) is 113 Å². The standard InChI is InChI=1S/C15H13N3O6/c1-9-4-15(20)17(6-11(9)18(21)22)7-14(19)16-10-2-3-12-13(5-10)24-8-23-12/h2-6H,7-8H2,1H3,(H,16,19). The molecule has 9 heteroatoms. The van der Waals surface area contributed by atoms with Crippen LogP contribution in [0.1, 0.15) is 5.56 Å². The van der Waals surface area contributed by atoms with E-state index in [1.165, 1.54) is 6.92 Å². The number of nitro groups is 1. The van der Waals surface area contributed by atoms with Crippen LogP contribution in [0.15, 0.2) is 35.3 Å². The summed E-state index contributed by atoms with van der Waals surface area (Å²) in [5, 5.41) is 13.5. The minimum absolute atomic E-state index is 0.120. The number of hydrogen-bond donors (Lipinski definition) is 1. The molecule has 0 spiro atoms. The second kappa shape index (κ2) is 6.03. The van der Waals surface area contributed by atoms with Crippen molar-refractivity contribution < 1.29 is 19.2 Å². The molecule has 124 valence electrons. The van der Waals surface area contributed by atoms with Gasteiger partial charge in [-0.05, 0) is 19.1 Å². The number of aromatic nitrogens is 1. The van der Waals surface area contributed by atoms with Crippen LogP contribution in [0.5, 0.6) is 11.5 Å². The second-order valence-corrected chi connectivity index (χ2v) is 5.18. The fourth-order valence-corrected chi connectivity index (χ4v) is 2.30. The average Bonchev–Trinajstić information content (AvgIpc) is 2.97. The summed E-state index contributed by atoms with van der Waals surface area (Å²) in [6.45, 7) is 1.25. The van der Waals surface area contributed by atoms with E-state index in [2.05, 4.69) is 5.32 Å². The fourth-order valence-electron chi connectivity index (χ4n) is 2.30. The molecule has 1 aliphatic heterocycles. The van der Waals surface area contributed by atoms with Crippen LogP contribution in [0.3, 0.4) is 0 Å². The number of nitrogens with one attached hydrogen (secondary N) is 1. The molecule has 0 saturated heterocycles. The molecular formula is C15H13N3O6. The second-order valence-electron chi connectivity index (χ2n) is 5.18. The van der Waals surface area contributed by atoms with Crippen molar-refractivity contribution in [1.29, 1.82) is 0 Å². The van der Waals surface area contributed by atoms with Gasteiger partial charge in [0.25, 0.3) is 11.2 Å². The van der Waals surface area contributed by atoms with Crippen molar-refractivity contribution >= 4 is 17.3 Å². The molecule has 9 nitrogen and oxygen atoms in total. The van der Waals surface area contributed by atoms with E-state index in [9.17, 15) is 19.7 Å². The lowest BCUT2D eigenvalue weighted by atomic mass is 10.2. The maximum atomic E-state index is 12.1. The third-order valence-electron chi connectivity index (χ3n) is 3.47. The number of pyridine rings is 1. The van der Waals surface area contributed by atoms with Crippen molar-refractivity contribution in [2.24, 2.45) is 0 Å². The number of hydrogen-bond acceptors (Lipinski definition) is 6. The van der Waals surface area contributed by atoms with Gasteiger partial charge in [-0.25, -0.2) is 0 Å². The van der Waals surface area contributed by atoms with E-state index in [1.54, 1.807) is 18.2 Å². The van der Waals surface area contributed by atoms with E-state index in [1.807, 2.05) is 0 Å². The molecule has 1 aliphatic rings. The summed E-state index contributed by atoms with van der Waals surface area (Å²) >= 11 is 0. The number of nitrogens with zero attached hydrogens (tertiary/aromatic N) is 2. The summed E-state index contributed by atoms with van der Waals surface area (Å²) in [6.07, 6.45) is 1.07. The molecule has 0 fully saturated rings. The molecule has 2 aromatic rings. The van der Waals surface area contributed by atoms with Crippen LogP contribution in [-0.2, 0) is 11.3 Å². The van der Waals surface area contributed by atoms with Gasteiger partial charge in [0.1, 0.15) is 6.54 Å². The first-order valence-corrected chi connectivity index (χ1v) is 6.99. The molecule has 1 aromatic carbocycles. The van der Waals surface area contributed by atoms with Crippen molar-refractivity contribution in [2.75, 3.05) is 12.1 Å². The van der Waals surface area contributed by atoms with Crippen LogP contribution in [0.25, 0.3) is 0 Å². The maximum Gasteiger partial charge on any atom is 0.288 e. The molecular weight excluding hydrogens is 318 g/mol. The van der Waals surface area contributed by atoms with Crippen LogP contribution < -0.4 is 20.3 Å². The van der Waals surface area contributed by atoms with Gasteiger partial charge in [0.2, 0.25) is 12.7 Å².